The summed E-state index contributed by atoms with van der Waals surface area (Å²) in [7, 11) is 0. The van der Waals surface area contributed by atoms with Crippen LogP contribution in [0.1, 0.15) is 18.5 Å². The van der Waals surface area contributed by atoms with Gasteiger partial charge in [0.2, 0.25) is 0 Å². The maximum absolute atomic E-state index is 12.8. The zero-order valence-electron chi connectivity index (χ0n) is 11.5. The average Bonchev–Trinajstić information content (AvgIpc) is 2.47. The van der Waals surface area contributed by atoms with E-state index in [0.717, 1.165) is 5.56 Å². The summed E-state index contributed by atoms with van der Waals surface area (Å²) in [6.45, 7) is 1.69. The Bertz CT molecular complexity index is 616. The third kappa shape index (κ3) is 4.46. The van der Waals surface area contributed by atoms with Crippen molar-refractivity contribution in [3.05, 3.63) is 64.9 Å². The number of halogens is 2. The van der Waals surface area contributed by atoms with Gasteiger partial charge in [0.25, 0.3) is 5.91 Å². The van der Waals surface area contributed by atoms with Crippen molar-refractivity contribution in [2.75, 3.05) is 6.61 Å². The largest absolute Gasteiger partial charge is 0.482 e. The van der Waals surface area contributed by atoms with E-state index in [4.69, 9.17) is 16.3 Å². The summed E-state index contributed by atoms with van der Waals surface area (Å²) in [5.74, 6) is -0.116. The second-order valence-electron chi connectivity index (χ2n) is 4.56. The summed E-state index contributed by atoms with van der Waals surface area (Å²) >= 11 is 5.93. The Morgan fingerprint density at radius 1 is 1.24 bits per heavy atom. The molecule has 2 rings (SSSR count). The number of amides is 1. The molecule has 0 bridgehead atoms. The number of nitrogens with one attached hydrogen (secondary N) is 1. The molecule has 2 aromatic rings. The van der Waals surface area contributed by atoms with Crippen molar-refractivity contribution in [1.82, 2.24) is 5.32 Å². The van der Waals surface area contributed by atoms with Crippen molar-refractivity contribution >= 4 is 17.5 Å². The van der Waals surface area contributed by atoms with Crippen LogP contribution in [0.5, 0.6) is 5.75 Å². The monoisotopic (exact) mass is 307 g/mol. The molecule has 1 atom stereocenters. The number of para-hydroxylation sites is 1. The molecule has 0 aromatic heterocycles. The predicted octanol–water partition coefficient (Wildman–Crippen LogP) is 3.74. The van der Waals surface area contributed by atoms with Gasteiger partial charge in [0.1, 0.15) is 11.6 Å². The van der Waals surface area contributed by atoms with Crippen molar-refractivity contribution in [1.29, 1.82) is 0 Å². The normalized spacial score (nSPS) is 11.8. The fourth-order valence-corrected chi connectivity index (χ4v) is 2.01. The molecule has 0 saturated heterocycles. The van der Waals surface area contributed by atoms with Gasteiger partial charge in [-0.2, -0.15) is 0 Å². The second kappa shape index (κ2) is 7.09. The molecule has 21 heavy (non-hydrogen) atoms. The molecular weight excluding hydrogens is 293 g/mol. The van der Waals surface area contributed by atoms with Gasteiger partial charge in [-0.05, 0) is 36.8 Å². The summed E-state index contributed by atoms with van der Waals surface area (Å²) in [4.78, 5) is 11.8. The lowest BCUT2D eigenvalue weighted by Crippen LogP contribution is -2.31. The molecule has 0 unspecified atom stereocenters. The molecular formula is C16H15ClFNO2. The van der Waals surface area contributed by atoms with E-state index >= 15 is 0 Å². The maximum Gasteiger partial charge on any atom is 0.258 e. The number of ether oxygens (including phenoxy) is 1. The van der Waals surface area contributed by atoms with Crippen LogP contribution in [0.25, 0.3) is 0 Å². The highest BCUT2D eigenvalue weighted by molar-refractivity contribution is 6.32. The summed E-state index contributed by atoms with van der Waals surface area (Å²) in [5.41, 5.74) is 0.822. The van der Waals surface area contributed by atoms with Crippen LogP contribution in [-0.2, 0) is 4.79 Å². The Labute approximate surface area is 127 Å². The summed E-state index contributed by atoms with van der Waals surface area (Å²) in [5, 5.41) is 3.23. The van der Waals surface area contributed by atoms with Crippen LogP contribution in [0.3, 0.4) is 0 Å². The summed E-state index contributed by atoms with van der Waals surface area (Å²) in [6, 6.07) is 12.7. The zero-order chi connectivity index (χ0) is 15.2. The molecule has 5 heteroatoms. The van der Waals surface area contributed by atoms with Crippen LogP contribution >= 0.6 is 11.6 Å². The molecule has 0 aliphatic carbocycles. The van der Waals surface area contributed by atoms with E-state index in [-0.39, 0.29) is 24.4 Å². The van der Waals surface area contributed by atoms with Crippen molar-refractivity contribution in [2.45, 2.75) is 13.0 Å². The van der Waals surface area contributed by atoms with Crippen LogP contribution in [0.2, 0.25) is 5.02 Å². The average molecular weight is 308 g/mol. The molecule has 0 aliphatic heterocycles. The Balaban J connectivity index is 1.87. The third-order valence-electron chi connectivity index (χ3n) is 2.94. The molecule has 0 saturated carbocycles. The first-order chi connectivity index (χ1) is 10.1. The van der Waals surface area contributed by atoms with Gasteiger partial charge in [-0.1, -0.05) is 35.9 Å². The fraction of sp³-hybridized carbons (Fsp3) is 0.188. The Hall–Kier alpha value is -2.07. The molecule has 0 spiro atoms. The summed E-state index contributed by atoms with van der Waals surface area (Å²) < 4.78 is 18.2. The van der Waals surface area contributed by atoms with Crippen LogP contribution in [0.4, 0.5) is 4.39 Å². The van der Waals surface area contributed by atoms with Gasteiger partial charge in [0.05, 0.1) is 11.1 Å². The Morgan fingerprint density at radius 2 is 1.90 bits per heavy atom. The molecule has 1 amide bonds. The van der Waals surface area contributed by atoms with Gasteiger partial charge in [-0.15, -0.1) is 0 Å². The predicted molar refractivity (Wildman–Crippen MR) is 79.9 cm³/mol. The number of carbonyl (C=O) groups excluding carboxylic acids is 1. The van der Waals surface area contributed by atoms with Gasteiger partial charge in [-0.3, -0.25) is 4.79 Å². The molecule has 0 aliphatic rings. The zero-order valence-corrected chi connectivity index (χ0v) is 12.2. The molecule has 0 fully saturated rings. The maximum atomic E-state index is 12.8. The first kappa shape index (κ1) is 15.3. The Morgan fingerprint density at radius 3 is 2.57 bits per heavy atom. The van der Waals surface area contributed by atoms with E-state index in [9.17, 15) is 9.18 Å². The lowest BCUT2D eigenvalue weighted by atomic mass is 10.1. The minimum atomic E-state index is -0.306. The van der Waals surface area contributed by atoms with E-state index in [2.05, 4.69) is 5.32 Å². The molecule has 3 nitrogen and oxygen atoms in total. The minimum Gasteiger partial charge on any atom is -0.482 e. The number of hydrogen-bond acceptors (Lipinski definition) is 2. The number of benzene rings is 2. The highest BCUT2D eigenvalue weighted by Gasteiger charge is 2.11. The number of hydrogen-bond donors (Lipinski definition) is 1. The highest BCUT2D eigenvalue weighted by atomic mass is 35.5. The van der Waals surface area contributed by atoms with Crippen LogP contribution in [0, 0.1) is 5.82 Å². The van der Waals surface area contributed by atoms with Gasteiger partial charge in [-0.25, -0.2) is 4.39 Å². The van der Waals surface area contributed by atoms with E-state index in [1.54, 1.807) is 36.4 Å². The molecule has 0 radical (unpaired) electrons. The smallest absolute Gasteiger partial charge is 0.258 e. The molecule has 2 aromatic carbocycles. The lowest BCUT2D eigenvalue weighted by Gasteiger charge is -2.15. The SMILES string of the molecule is C[C@@H](NC(=O)COc1ccccc1Cl)c1ccc(F)cc1. The van der Waals surface area contributed by atoms with Crippen LogP contribution < -0.4 is 10.1 Å². The van der Waals surface area contributed by atoms with Crippen molar-refractivity contribution < 1.29 is 13.9 Å². The van der Waals surface area contributed by atoms with E-state index in [1.807, 2.05) is 6.92 Å². The molecule has 1 N–H and O–H groups in total. The van der Waals surface area contributed by atoms with Crippen LogP contribution in [-0.4, -0.2) is 12.5 Å². The van der Waals surface area contributed by atoms with E-state index in [1.165, 1.54) is 12.1 Å². The van der Waals surface area contributed by atoms with Gasteiger partial charge in [0.15, 0.2) is 6.61 Å². The van der Waals surface area contributed by atoms with Gasteiger partial charge >= 0.3 is 0 Å². The third-order valence-corrected chi connectivity index (χ3v) is 3.26. The highest BCUT2D eigenvalue weighted by Crippen LogP contribution is 2.22. The number of carbonyl (C=O) groups is 1. The van der Waals surface area contributed by atoms with Crippen molar-refractivity contribution in [3.63, 3.8) is 0 Å². The fourth-order valence-electron chi connectivity index (χ4n) is 1.82. The topological polar surface area (TPSA) is 38.3 Å². The first-order valence-corrected chi connectivity index (χ1v) is 6.86. The van der Waals surface area contributed by atoms with Crippen molar-refractivity contribution in [2.24, 2.45) is 0 Å². The van der Waals surface area contributed by atoms with Gasteiger partial charge < -0.3 is 10.1 Å². The summed E-state index contributed by atoms with van der Waals surface area (Å²) in [6.07, 6.45) is 0. The minimum absolute atomic E-state index is 0.130. The van der Waals surface area contributed by atoms with E-state index in [0.29, 0.717) is 10.8 Å². The first-order valence-electron chi connectivity index (χ1n) is 6.48. The molecule has 110 valence electrons. The standard InChI is InChI=1S/C16H15ClFNO2/c1-11(12-6-8-13(18)9-7-12)19-16(20)10-21-15-5-3-2-4-14(15)17/h2-9,11H,10H2,1H3,(H,19,20)/t11-/m1/s1. The lowest BCUT2D eigenvalue weighted by molar-refractivity contribution is -0.123. The Kier molecular flexibility index (Phi) is 5.17. The quantitative estimate of drug-likeness (QED) is 0.914. The molecule has 0 heterocycles. The van der Waals surface area contributed by atoms with Gasteiger partial charge in [0, 0.05) is 0 Å². The van der Waals surface area contributed by atoms with Crippen LogP contribution in [0.15, 0.2) is 48.5 Å². The number of rotatable bonds is 5. The second-order valence-corrected chi connectivity index (χ2v) is 4.97. The van der Waals surface area contributed by atoms with Crippen molar-refractivity contribution in [3.8, 4) is 5.75 Å². The van der Waals surface area contributed by atoms with E-state index < -0.39 is 0 Å².